The lowest BCUT2D eigenvalue weighted by atomic mass is 10.1. The van der Waals surface area contributed by atoms with Gasteiger partial charge in [0.25, 0.3) is 5.91 Å². The highest BCUT2D eigenvalue weighted by Crippen LogP contribution is 2.27. The summed E-state index contributed by atoms with van der Waals surface area (Å²) in [5.41, 5.74) is 2.15. The first-order valence-electron chi connectivity index (χ1n) is 7.81. The Morgan fingerprint density at radius 3 is 2.36 bits per heavy atom. The fourth-order valence-corrected chi connectivity index (χ4v) is 2.54. The molecule has 0 atom stereocenters. The lowest BCUT2D eigenvalue weighted by molar-refractivity contribution is -0.114. The standard InChI is InChI=1S/C19H21ClN2O3/c1-21-18(14-5-7-15(20)8-6-14)19(23)22-11-10-13-4-9-16(24-2)17(12-13)25-3/h4-9,12H,10-11H2,1-3H3,(H,22,23)/b21-18-. The van der Waals surface area contributed by atoms with Crippen molar-refractivity contribution in [2.24, 2.45) is 4.99 Å². The van der Waals surface area contributed by atoms with Crippen LogP contribution in [0.15, 0.2) is 47.5 Å². The van der Waals surface area contributed by atoms with Crippen LogP contribution in [0.2, 0.25) is 5.02 Å². The van der Waals surface area contributed by atoms with Gasteiger partial charge in [0.1, 0.15) is 5.71 Å². The molecule has 0 fully saturated rings. The van der Waals surface area contributed by atoms with Crippen LogP contribution in [-0.2, 0) is 11.2 Å². The molecule has 0 aliphatic heterocycles. The Morgan fingerprint density at radius 1 is 1.08 bits per heavy atom. The molecule has 0 saturated carbocycles. The van der Waals surface area contributed by atoms with Gasteiger partial charge in [0.15, 0.2) is 11.5 Å². The number of aliphatic imine (C=N–C) groups is 1. The van der Waals surface area contributed by atoms with E-state index in [0.717, 1.165) is 11.1 Å². The van der Waals surface area contributed by atoms with Gasteiger partial charge >= 0.3 is 0 Å². The molecular formula is C19H21ClN2O3. The molecule has 1 N–H and O–H groups in total. The second-order valence-electron chi connectivity index (χ2n) is 5.27. The van der Waals surface area contributed by atoms with Crippen LogP contribution in [0.1, 0.15) is 11.1 Å². The van der Waals surface area contributed by atoms with E-state index in [1.165, 1.54) is 0 Å². The van der Waals surface area contributed by atoms with Gasteiger partial charge in [-0.1, -0.05) is 29.8 Å². The monoisotopic (exact) mass is 360 g/mol. The van der Waals surface area contributed by atoms with Gasteiger partial charge in [-0.15, -0.1) is 0 Å². The summed E-state index contributed by atoms with van der Waals surface area (Å²) >= 11 is 5.88. The number of methoxy groups -OCH3 is 2. The van der Waals surface area contributed by atoms with Gasteiger partial charge in [-0.25, -0.2) is 0 Å². The quantitative estimate of drug-likeness (QED) is 0.772. The van der Waals surface area contributed by atoms with E-state index < -0.39 is 0 Å². The Balaban J connectivity index is 1.96. The van der Waals surface area contributed by atoms with Crippen molar-refractivity contribution in [3.8, 4) is 11.5 Å². The molecule has 0 unspecified atom stereocenters. The van der Waals surface area contributed by atoms with E-state index in [2.05, 4.69) is 10.3 Å². The van der Waals surface area contributed by atoms with Crippen molar-refractivity contribution < 1.29 is 14.3 Å². The molecule has 2 aromatic carbocycles. The summed E-state index contributed by atoms with van der Waals surface area (Å²) in [6.45, 7) is 0.487. The number of benzene rings is 2. The Kier molecular flexibility index (Phi) is 6.83. The minimum Gasteiger partial charge on any atom is -0.493 e. The van der Waals surface area contributed by atoms with E-state index in [1.54, 1.807) is 45.5 Å². The maximum atomic E-state index is 12.4. The zero-order valence-corrected chi connectivity index (χ0v) is 15.3. The number of amides is 1. The van der Waals surface area contributed by atoms with Gasteiger partial charge in [-0.2, -0.15) is 0 Å². The second kappa shape index (κ2) is 9.08. The third kappa shape index (κ3) is 4.97. The number of nitrogens with zero attached hydrogens (tertiary/aromatic N) is 1. The maximum absolute atomic E-state index is 12.4. The average Bonchev–Trinajstić information content (AvgIpc) is 2.63. The van der Waals surface area contributed by atoms with Crippen molar-refractivity contribution in [3.63, 3.8) is 0 Å². The summed E-state index contributed by atoms with van der Waals surface area (Å²) < 4.78 is 10.5. The summed E-state index contributed by atoms with van der Waals surface area (Å²) in [5, 5.41) is 3.51. The first-order valence-corrected chi connectivity index (χ1v) is 8.18. The molecule has 0 radical (unpaired) electrons. The molecule has 5 nitrogen and oxygen atoms in total. The SMILES string of the molecule is C/N=C(\C(=O)NCCc1ccc(OC)c(OC)c1)c1ccc(Cl)cc1. The highest BCUT2D eigenvalue weighted by molar-refractivity contribution is 6.45. The van der Waals surface area contributed by atoms with Crippen molar-refractivity contribution >= 4 is 23.2 Å². The summed E-state index contributed by atoms with van der Waals surface area (Å²) in [4.78, 5) is 16.4. The molecule has 0 aliphatic carbocycles. The molecule has 2 rings (SSSR count). The Labute approximate surface area is 152 Å². The van der Waals surface area contributed by atoms with Crippen molar-refractivity contribution in [3.05, 3.63) is 58.6 Å². The molecule has 1 amide bonds. The molecule has 0 spiro atoms. The summed E-state index contributed by atoms with van der Waals surface area (Å²) in [5.74, 6) is 1.13. The lowest BCUT2D eigenvalue weighted by Crippen LogP contribution is -2.33. The maximum Gasteiger partial charge on any atom is 0.270 e. The Hall–Kier alpha value is -2.53. The molecule has 0 aromatic heterocycles. The van der Waals surface area contributed by atoms with Gasteiger partial charge in [-0.3, -0.25) is 9.79 Å². The largest absolute Gasteiger partial charge is 0.493 e. The van der Waals surface area contributed by atoms with Crippen LogP contribution in [0.25, 0.3) is 0 Å². The van der Waals surface area contributed by atoms with Gasteiger partial charge in [0.2, 0.25) is 0 Å². The molecule has 25 heavy (non-hydrogen) atoms. The van der Waals surface area contributed by atoms with Crippen molar-refractivity contribution in [1.82, 2.24) is 5.32 Å². The van der Waals surface area contributed by atoms with Gasteiger partial charge < -0.3 is 14.8 Å². The summed E-state index contributed by atoms with van der Waals surface area (Å²) in [6.07, 6.45) is 0.670. The van der Waals surface area contributed by atoms with Crippen LogP contribution in [0, 0.1) is 0 Å². The number of nitrogens with one attached hydrogen (secondary N) is 1. The first kappa shape index (κ1) is 18.8. The van der Waals surface area contributed by atoms with E-state index in [4.69, 9.17) is 21.1 Å². The smallest absolute Gasteiger partial charge is 0.270 e. The number of hydrogen-bond acceptors (Lipinski definition) is 4. The van der Waals surface area contributed by atoms with Gasteiger partial charge in [0, 0.05) is 24.2 Å². The number of carbonyl (C=O) groups is 1. The van der Waals surface area contributed by atoms with Crippen LogP contribution in [-0.4, -0.2) is 39.4 Å². The molecule has 0 saturated heterocycles. The second-order valence-corrected chi connectivity index (χ2v) is 5.71. The topological polar surface area (TPSA) is 59.9 Å². The van der Waals surface area contributed by atoms with Crippen LogP contribution in [0.4, 0.5) is 0 Å². The zero-order chi connectivity index (χ0) is 18.2. The third-order valence-corrected chi connectivity index (χ3v) is 3.96. The molecule has 2 aromatic rings. The Bertz CT molecular complexity index is 758. The van der Waals surface area contributed by atoms with E-state index >= 15 is 0 Å². The minimum absolute atomic E-state index is 0.217. The van der Waals surface area contributed by atoms with Crippen LogP contribution < -0.4 is 14.8 Å². The fraction of sp³-hybridized carbons (Fsp3) is 0.263. The number of hydrogen-bond donors (Lipinski definition) is 1. The molecule has 132 valence electrons. The van der Waals surface area contributed by atoms with Crippen LogP contribution in [0.3, 0.4) is 0 Å². The highest BCUT2D eigenvalue weighted by Gasteiger charge is 2.13. The normalized spacial score (nSPS) is 11.1. The molecule has 0 aliphatic rings. The van der Waals surface area contributed by atoms with E-state index in [9.17, 15) is 4.79 Å². The van der Waals surface area contributed by atoms with Gasteiger partial charge in [-0.05, 0) is 36.2 Å². The third-order valence-electron chi connectivity index (χ3n) is 3.70. The lowest BCUT2D eigenvalue weighted by Gasteiger charge is -2.11. The molecule has 6 heteroatoms. The number of carbonyl (C=O) groups excluding carboxylic acids is 1. The Morgan fingerprint density at radius 2 is 1.76 bits per heavy atom. The van der Waals surface area contributed by atoms with Crippen molar-refractivity contribution in [2.75, 3.05) is 27.8 Å². The van der Waals surface area contributed by atoms with E-state index in [-0.39, 0.29) is 5.91 Å². The predicted octanol–water partition coefficient (Wildman–Crippen LogP) is 3.14. The number of ether oxygens (including phenoxy) is 2. The highest BCUT2D eigenvalue weighted by atomic mass is 35.5. The fourth-order valence-electron chi connectivity index (χ4n) is 2.41. The van der Waals surface area contributed by atoms with Crippen LogP contribution in [0.5, 0.6) is 11.5 Å². The van der Waals surface area contributed by atoms with Gasteiger partial charge in [0.05, 0.1) is 14.2 Å². The average molecular weight is 361 g/mol. The van der Waals surface area contributed by atoms with Crippen molar-refractivity contribution in [2.45, 2.75) is 6.42 Å². The van der Waals surface area contributed by atoms with Crippen LogP contribution >= 0.6 is 11.6 Å². The molecule has 0 bridgehead atoms. The number of halogens is 1. The zero-order valence-electron chi connectivity index (χ0n) is 14.5. The predicted molar refractivity (Wildman–Crippen MR) is 100 cm³/mol. The van der Waals surface area contributed by atoms with E-state index in [1.807, 2.05) is 18.2 Å². The number of rotatable bonds is 7. The summed E-state index contributed by atoms with van der Waals surface area (Å²) in [6, 6.07) is 12.7. The minimum atomic E-state index is -0.217. The summed E-state index contributed by atoms with van der Waals surface area (Å²) in [7, 11) is 4.79. The molecular weight excluding hydrogens is 340 g/mol. The van der Waals surface area contributed by atoms with Crippen molar-refractivity contribution in [1.29, 1.82) is 0 Å². The van der Waals surface area contributed by atoms with E-state index in [0.29, 0.717) is 35.2 Å². The molecule has 0 heterocycles. The first-order chi connectivity index (χ1) is 12.1.